The third-order valence-electron chi connectivity index (χ3n) is 2.19. The summed E-state index contributed by atoms with van der Waals surface area (Å²) < 4.78 is 23.6. The number of hydrogen-bond acceptors (Lipinski definition) is 6. The SMILES string of the molecule is NCCOCc1nc(CSc2ccccc2F)no1. The largest absolute Gasteiger partial charge is 0.370 e. The fraction of sp³-hybridized carbons (Fsp3) is 0.333. The molecular weight excluding hydrogens is 269 g/mol. The van der Waals surface area contributed by atoms with E-state index in [9.17, 15) is 4.39 Å². The van der Waals surface area contributed by atoms with Crippen LogP contribution in [0, 0.1) is 5.82 Å². The molecule has 0 bridgehead atoms. The Balaban J connectivity index is 1.85. The number of thioether (sulfide) groups is 1. The van der Waals surface area contributed by atoms with Crippen LogP contribution >= 0.6 is 11.8 Å². The Hall–Kier alpha value is -1.44. The van der Waals surface area contributed by atoms with Crippen LogP contribution in [0.5, 0.6) is 0 Å². The van der Waals surface area contributed by atoms with Crippen LogP contribution in [0.3, 0.4) is 0 Å². The number of rotatable bonds is 7. The predicted molar refractivity (Wildman–Crippen MR) is 69.0 cm³/mol. The minimum absolute atomic E-state index is 0.245. The molecule has 1 aromatic heterocycles. The summed E-state index contributed by atoms with van der Waals surface area (Å²) in [6, 6.07) is 6.57. The first kappa shape index (κ1) is 14.0. The van der Waals surface area contributed by atoms with Crippen LogP contribution in [-0.4, -0.2) is 23.3 Å². The molecule has 0 unspecified atom stereocenters. The van der Waals surface area contributed by atoms with Crippen LogP contribution in [0.15, 0.2) is 33.7 Å². The lowest BCUT2D eigenvalue weighted by atomic mass is 10.3. The average Bonchev–Trinajstić information content (AvgIpc) is 2.86. The minimum Gasteiger partial charge on any atom is -0.370 e. The third kappa shape index (κ3) is 4.30. The Morgan fingerprint density at radius 3 is 3.00 bits per heavy atom. The second kappa shape index (κ2) is 7.22. The third-order valence-corrected chi connectivity index (χ3v) is 3.24. The van der Waals surface area contributed by atoms with Crippen molar-refractivity contribution >= 4 is 11.8 Å². The summed E-state index contributed by atoms with van der Waals surface area (Å²) in [4.78, 5) is 4.70. The highest BCUT2D eigenvalue weighted by Crippen LogP contribution is 2.24. The van der Waals surface area contributed by atoms with Crippen LogP contribution in [0.2, 0.25) is 0 Å². The molecule has 0 saturated heterocycles. The maximum Gasteiger partial charge on any atom is 0.252 e. The first-order valence-electron chi connectivity index (χ1n) is 5.76. The van der Waals surface area contributed by atoms with Crippen molar-refractivity contribution < 1.29 is 13.7 Å². The summed E-state index contributed by atoms with van der Waals surface area (Å²) in [5.74, 6) is 1.11. The maximum absolute atomic E-state index is 13.4. The molecule has 102 valence electrons. The minimum atomic E-state index is -0.248. The molecule has 0 fully saturated rings. The van der Waals surface area contributed by atoms with Gasteiger partial charge in [0.05, 0.1) is 12.4 Å². The predicted octanol–water partition coefficient (Wildman–Crippen LogP) is 1.98. The maximum atomic E-state index is 13.4. The van der Waals surface area contributed by atoms with Gasteiger partial charge in [-0.05, 0) is 12.1 Å². The van der Waals surface area contributed by atoms with E-state index >= 15 is 0 Å². The number of nitrogens with two attached hydrogens (primary N) is 1. The van der Waals surface area contributed by atoms with Gasteiger partial charge in [0.15, 0.2) is 5.82 Å². The van der Waals surface area contributed by atoms with Gasteiger partial charge in [0.25, 0.3) is 5.89 Å². The van der Waals surface area contributed by atoms with E-state index in [2.05, 4.69) is 10.1 Å². The molecule has 1 heterocycles. The Morgan fingerprint density at radius 2 is 2.21 bits per heavy atom. The molecule has 0 aliphatic carbocycles. The van der Waals surface area contributed by atoms with Crippen LogP contribution in [-0.2, 0) is 17.1 Å². The fourth-order valence-electron chi connectivity index (χ4n) is 1.35. The summed E-state index contributed by atoms with van der Waals surface area (Å²) in [5.41, 5.74) is 5.29. The van der Waals surface area contributed by atoms with E-state index in [0.29, 0.717) is 35.5 Å². The number of aromatic nitrogens is 2. The molecule has 19 heavy (non-hydrogen) atoms. The van der Waals surface area contributed by atoms with Gasteiger partial charge in [-0.2, -0.15) is 4.98 Å². The van der Waals surface area contributed by atoms with E-state index in [4.69, 9.17) is 15.0 Å². The van der Waals surface area contributed by atoms with Crippen molar-refractivity contribution in [2.24, 2.45) is 5.73 Å². The molecule has 2 rings (SSSR count). The van der Waals surface area contributed by atoms with Gasteiger partial charge in [0.2, 0.25) is 0 Å². The Kier molecular flexibility index (Phi) is 5.31. The van der Waals surface area contributed by atoms with E-state index in [-0.39, 0.29) is 12.4 Å². The van der Waals surface area contributed by atoms with Crippen LogP contribution in [0.4, 0.5) is 4.39 Å². The molecule has 0 radical (unpaired) electrons. The summed E-state index contributed by atoms with van der Waals surface area (Å²) in [6.07, 6.45) is 0. The van der Waals surface area contributed by atoms with Crippen LogP contribution < -0.4 is 5.73 Å². The lowest BCUT2D eigenvalue weighted by molar-refractivity contribution is 0.104. The van der Waals surface area contributed by atoms with Gasteiger partial charge in [-0.25, -0.2) is 4.39 Å². The van der Waals surface area contributed by atoms with E-state index < -0.39 is 0 Å². The van der Waals surface area contributed by atoms with Gasteiger partial charge in [-0.15, -0.1) is 11.8 Å². The van der Waals surface area contributed by atoms with E-state index in [0.717, 1.165) is 0 Å². The Labute approximate surface area is 114 Å². The van der Waals surface area contributed by atoms with Crippen molar-refractivity contribution in [1.82, 2.24) is 10.1 Å². The number of benzene rings is 1. The number of halogens is 1. The van der Waals surface area contributed by atoms with Crippen molar-refractivity contribution in [2.45, 2.75) is 17.3 Å². The van der Waals surface area contributed by atoms with Gasteiger partial charge in [-0.1, -0.05) is 17.3 Å². The molecular formula is C12H14FN3O2S. The second-order valence-corrected chi connectivity index (χ2v) is 4.68. The molecule has 0 atom stereocenters. The summed E-state index contributed by atoms with van der Waals surface area (Å²) in [6.45, 7) is 1.14. The molecule has 0 amide bonds. The van der Waals surface area contributed by atoms with Gasteiger partial charge in [-0.3, -0.25) is 0 Å². The average molecular weight is 283 g/mol. The molecule has 0 saturated carbocycles. The number of nitrogens with zero attached hydrogens (tertiary/aromatic N) is 2. The highest BCUT2D eigenvalue weighted by Gasteiger charge is 2.08. The molecule has 0 aliphatic heterocycles. The van der Waals surface area contributed by atoms with Crippen molar-refractivity contribution in [3.05, 3.63) is 41.8 Å². The van der Waals surface area contributed by atoms with Gasteiger partial charge in [0, 0.05) is 11.4 Å². The summed E-state index contributed by atoms with van der Waals surface area (Å²) in [5, 5.41) is 3.80. The molecule has 5 nitrogen and oxygen atoms in total. The fourth-order valence-corrected chi connectivity index (χ4v) is 2.14. The Bertz CT molecular complexity index is 521. The monoisotopic (exact) mass is 283 g/mol. The molecule has 1 aromatic carbocycles. The van der Waals surface area contributed by atoms with E-state index in [1.165, 1.54) is 17.8 Å². The zero-order chi connectivity index (χ0) is 13.5. The molecule has 2 aromatic rings. The standard InChI is InChI=1S/C12H14FN3O2S/c13-9-3-1-2-4-10(9)19-8-11-15-12(18-16-11)7-17-6-5-14/h1-4H,5-8,14H2. The van der Waals surface area contributed by atoms with Crippen molar-refractivity contribution in [3.8, 4) is 0 Å². The number of hydrogen-bond donors (Lipinski definition) is 1. The van der Waals surface area contributed by atoms with Gasteiger partial charge in [0.1, 0.15) is 12.4 Å². The molecule has 2 N–H and O–H groups in total. The zero-order valence-electron chi connectivity index (χ0n) is 10.2. The van der Waals surface area contributed by atoms with E-state index in [1.54, 1.807) is 18.2 Å². The lowest BCUT2D eigenvalue weighted by Gasteiger charge is -1.99. The first-order valence-corrected chi connectivity index (χ1v) is 6.74. The molecule has 0 spiro atoms. The van der Waals surface area contributed by atoms with Crippen LogP contribution in [0.25, 0.3) is 0 Å². The van der Waals surface area contributed by atoms with Crippen LogP contribution in [0.1, 0.15) is 11.7 Å². The summed E-state index contributed by atoms with van der Waals surface area (Å²) in [7, 11) is 0. The van der Waals surface area contributed by atoms with Gasteiger partial charge < -0.3 is 15.0 Å². The van der Waals surface area contributed by atoms with Crippen molar-refractivity contribution in [2.75, 3.05) is 13.2 Å². The second-order valence-electron chi connectivity index (χ2n) is 3.66. The topological polar surface area (TPSA) is 74.2 Å². The van der Waals surface area contributed by atoms with Crippen molar-refractivity contribution in [3.63, 3.8) is 0 Å². The quantitative estimate of drug-likeness (QED) is 0.618. The van der Waals surface area contributed by atoms with E-state index in [1.807, 2.05) is 0 Å². The normalized spacial score (nSPS) is 10.8. The first-order chi connectivity index (χ1) is 9.29. The number of ether oxygens (including phenoxy) is 1. The van der Waals surface area contributed by atoms with Gasteiger partial charge >= 0.3 is 0 Å². The summed E-state index contributed by atoms with van der Waals surface area (Å²) >= 11 is 1.32. The van der Waals surface area contributed by atoms with Crippen molar-refractivity contribution in [1.29, 1.82) is 0 Å². The molecule has 7 heteroatoms. The highest BCUT2D eigenvalue weighted by atomic mass is 32.2. The smallest absolute Gasteiger partial charge is 0.252 e. The zero-order valence-corrected chi connectivity index (χ0v) is 11.0. The highest BCUT2D eigenvalue weighted by molar-refractivity contribution is 7.98. The molecule has 0 aliphatic rings. The lowest BCUT2D eigenvalue weighted by Crippen LogP contribution is -2.08. The Morgan fingerprint density at radius 1 is 1.37 bits per heavy atom.